The van der Waals surface area contributed by atoms with E-state index in [9.17, 15) is 9.90 Å². The maximum absolute atomic E-state index is 11.5. The molecule has 0 atom stereocenters. The molecule has 1 saturated carbocycles. The Morgan fingerprint density at radius 3 is 2.47 bits per heavy atom. The molecule has 104 valence electrons. The largest absolute Gasteiger partial charge is 0.478 e. The maximum atomic E-state index is 11.5. The number of carboxylic acid groups (broad SMARTS) is 1. The van der Waals surface area contributed by atoms with E-state index in [1.807, 2.05) is 18.2 Å². The number of aromatic carboxylic acids is 1. The molecule has 0 aliphatic heterocycles. The van der Waals surface area contributed by atoms with Crippen molar-refractivity contribution in [2.45, 2.75) is 42.4 Å². The number of carboxylic acids is 1. The van der Waals surface area contributed by atoms with Gasteiger partial charge >= 0.3 is 5.97 Å². The van der Waals surface area contributed by atoms with Gasteiger partial charge in [-0.2, -0.15) is 0 Å². The number of benzene rings is 1. The Morgan fingerprint density at radius 1 is 1.26 bits per heavy atom. The average molecular weight is 296 g/mol. The predicted molar refractivity (Wildman–Crippen MR) is 82.5 cm³/mol. The molecule has 1 fully saturated rings. The zero-order valence-electron chi connectivity index (χ0n) is 11.2. The zero-order chi connectivity index (χ0) is 13.7. The van der Waals surface area contributed by atoms with Gasteiger partial charge in [0.15, 0.2) is 0 Å². The van der Waals surface area contributed by atoms with Crippen LogP contribution in [0.3, 0.4) is 0 Å². The van der Waals surface area contributed by atoms with Crippen molar-refractivity contribution < 1.29 is 9.90 Å². The molecule has 2 nitrogen and oxygen atoms in total. The topological polar surface area (TPSA) is 37.3 Å². The van der Waals surface area contributed by atoms with E-state index in [0.717, 1.165) is 27.2 Å². The standard InChI is InChI=1S/C15H20O2S2/c1-2-18-12-8-5-9-13(14(12)15(16)17)19-10-11-6-3-4-7-11/h5,8-9,11H,2-4,6-7,10H2,1H3,(H,16,17). The van der Waals surface area contributed by atoms with Gasteiger partial charge in [-0.1, -0.05) is 25.8 Å². The molecule has 1 aliphatic rings. The average Bonchev–Trinajstić information content (AvgIpc) is 2.89. The second kappa shape index (κ2) is 7.25. The Kier molecular flexibility index (Phi) is 5.64. The minimum Gasteiger partial charge on any atom is -0.478 e. The van der Waals surface area contributed by atoms with Crippen LogP contribution in [0.4, 0.5) is 0 Å². The highest BCUT2D eigenvalue weighted by molar-refractivity contribution is 8.00. The molecule has 1 aromatic rings. The van der Waals surface area contributed by atoms with Gasteiger partial charge in [0.05, 0.1) is 5.56 Å². The normalized spacial score (nSPS) is 15.8. The van der Waals surface area contributed by atoms with Crippen molar-refractivity contribution in [2.75, 3.05) is 11.5 Å². The molecule has 0 aromatic heterocycles. The number of hydrogen-bond acceptors (Lipinski definition) is 3. The van der Waals surface area contributed by atoms with Gasteiger partial charge in [-0.15, -0.1) is 23.5 Å². The van der Waals surface area contributed by atoms with Gasteiger partial charge in [-0.3, -0.25) is 0 Å². The van der Waals surface area contributed by atoms with Crippen LogP contribution in [0.25, 0.3) is 0 Å². The summed E-state index contributed by atoms with van der Waals surface area (Å²) >= 11 is 3.33. The summed E-state index contributed by atoms with van der Waals surface area (Å²) in [5.74, 6) is 1.93. The van der Waals surface area contributed by atoms with E-state index in [4.69, 9.17) is 0 Å². The monoisotopic (exact) mass is 296 g/mol. The summed E-state index contributed by atoms with van der Waals surface area (Å²) in [6.45, 7) is 2.05. The highest BCUT2D eigenvalue weighted by atomic mass is 32.2. The van der Waals surface area contributed by atoms with E-state index < -0.39 is 5.97 Å². The Morgan fingerprint density at radius 2 is 1.89 bits per heavy atom. The highest BCUT2D eigenvalue weighted by Crippen LogP contribution is 2.35. The fraction of sp³-hybridized carbons (Fsp3) is 0.533. The van der Waals surface area contributed by atoms with Gasteiger partial charge in [-0.05, 0) is 36.6 Å². The Labute approximate surface area is 123 Å². The van der Waals surface area contributed by atoms with Crippen molar-refractivity contribution >= 4 is 29.5 Å². The van der Waals surface area contributed by atoms with Gasteiger partial charge < -0.3 is 5.11 Å². The molecule has 0 amide bonds. The minimum atomic E-state index is -0.800. The van der Waals surface area contributed by atoms with Crippen molar-refractivity contribution in [2.24, 2.45) is 5.92 Å². The van der Waals surface area contributed by atoms with Crippen molar-refractivity contribution in [3.8, 4) is 0 Å². The number of rotatable bonds is 6. The number of carbonyl (C=O) groups is 1. The quantitative estimate of drug-likeness (QED) is 0.767. The van der Waals surface area contributed by atoms with Crippen molar-refractivity contribution in [1.82, 2.24) is 0 Å². The van der Waals surface area contributed by atoms with Crippen LogP contribution in [0.5, 0.6) is 0 Å². The van der Waals surface area contributed by atoms with Crippen LogP contribution in [-0.4, -0.2) is 22.6 Å². The smallest absolute Gasteiger partial charge is 0.337 e. The second-order valence-corrected chi connectivity index (χ2v) is 7.20. The zero-order valence-corrected chi connectivity index (χ0v) is 12.9. The predicted octanol–water partition coefficient (Wildman–Crippen LogP) is 4.78. The first-order valence-electron chi connectivity index (χ1n) is 6.84. The molecule has 0 radical (unpaired) electrons. The molecule has 1 aliphatic carbocycles. The van der Waals surface area contributed by atoms with Gasteiger partial charge in [0.25, 0.3) is 0 Å². The summed E-state index contributed by atoms with van der Waals surface area (Å²) in [4.78, 5) is 13.3. The molecular formula is C15H20O2S2. The van der Waals surface area contributed by atoms with Crippen LogP contribution in [0.15, 0.2) is 28.0 Å². The summed E-state index contributed by atoms with van der Waals surface area (Å²) in [6.07, 6.45) is 5.28. The van der Waals surface area contributed by atoms with E-state index in [2.05, 4.69) is 6.92 Å². The third kappa shape index (κ3) is 3.93. The van der Waals surface area contributed by atoms with E-state index in [-0.39, 0.29) is 0 Å². The third-order valence-corrected chi connectivity index (χ3v) is 5.68. The van der Waals surface area contributed by atoms with Crippen LogP contribution in [0.1, 0.15) is 43.0 Å². The molecule has 0 heterocycles. The van der Waals surface area contributed by atoms with E-state index in [0.29, 0.717) is 5.56 Å². The Balaban J connectivity index is 2.13. The van der Waals surface area contributed by atoms with E-state index in [1.165, 1.54) is 25.7 Å². The SMILES string of the molecule is CCSc1cccc(SCC2CCCC2)c1C(=O)O. The molecule has 0 saturated heterocycles. The lowest BCUT2D eigenvalue weighted by atomic mass is 10.1. The summed E-state index contributed by atoms with van der Waals surface area (Å²) in [7, 11) is 0. The molecule has 2 rings (SSSR count). The van der Waals surface area contributed by atoms with Crippen LogP contribution in [0.2, 0.25) is 0 Å². The summed E-state index contributed by atoms with van der Waals surface area (Å²) < 4.78 is 0. The molecule has 0 unspecified atom stereocenters. The van der Waals surface area contributed by atoms with Crippen LogP contribution in [-0.2, 0) is 0 Å². The summed E-state index contributed by atoms with van der Waals surface area (Å²) in [5, 5.41) is 9.44. The summed E-state index contributed by atoms with van der Waals surface area (Å²) in [6, 6.07) is 5.83. The van der Waals surface area contributed by atoms with Crippen molar-refractivity contribution in [3.05, 3.63) is 23.8 Å². The first-order valence-corrected chi connectivity index (χ1v) is 8.81. The molecule has 0 bridgehead atoms. The first kappa shape index (κ1) is 14.8. The lowest BCUT2D eigenvalue weighted by molar-refractivity contribution is 0.0689. The van der Waals surface area contributed by atoms with Crippen LogP contribution in [0, 0.1) is 5.92 Å². The molecule has 0 spiro atoms. The second-order valence-electron chi connectivity index (χ2n) is 4.83. The van der Waals surface area contributed by atoms with Gasteiger partial charge in [0.2, 0.25) is 0 Å². The minimum absolute atomic E-state index is 0.498. The summed E-state index contributed by atoms with van der Waals surface area (Å²) in [5.41, 5.74) is 0.498. The molecule has 1 aromatic carbocycles. The molecule has 19 heavy (non-hydrogen) atoms. The third-order valence-electron chi connectivity index (χ3n) is 3.45. The number of thioether (sulfide) groups is 2. The fourth-order valence-corrected chi connectivity index (χ4v) is 4.66. The van der Waals surface area contributed by atoms with Crippen molar-refractivity contribution in [3.63, 3.8) is 0 Å². The van der Waals surface area contributed by atoms with Crippen molar-refractivity contribution in [1.29, 1.82) is 0 Å². The van der Waals surface area contributed by atoms with Gasteiger partial charge in [0, 0.05) is 15.5 Å². The van der Waals surface area contributed by atoms with E-state index in [1.54, 1.807) is 23.5 Å². The van der Waals surface area contributed by atoms with E-state index >= 15 is 0 Å². The number of hydrogen-bond donors (Lipinski definition) is 1. The van der Waals surface area contributed by atoms with Crippen LogP contribution >= 0.6 is 23.5 Å². The fourth-order valence-electron chi connectivity index (χ4n) is 2.50. The molecule has 4 heteroatoms. The highest BCUT2D eigenvalue weighted by Gasteiger charge is 2.19. The van der Waals surface area contributed by atoms with Gasteiger partial charge in [-0.25, -0.2) is 4.79 Å². The molecular weight excluding hydrogens is 276 g/mol. The van der Waals surface area contributed by atoms with Crippen LogP contribution < -0.4 is 0 Å². The maximum Gasteiger partial charge on any atom is 0.337 e. The lowest BCUT2D eigenvalue weighted by Gasteiger charge is -2.12. The Hall–Kier alpha value is -0.610. The van der Waals surface area contributed by atoms with Gasteiger partial charge in [0.1, 0.15) is 0 Å². The Bertz CT molecular complexity index is 440. The molecule has 1 N–H and O–H groups in total. The lowest BCUT2D eigenvalue weighted by Crippen LogP contribution is -2.03. The first-order chi connectivity index (χ1) is 9.22.